The van der Waals surface area contributed by atoms with Crippen molar-refractivity contribution >= 4 is 35.8 Å². The van der Waals surface area contributed by atoms with Crippen molar-refractivity contribution in [2.24, 2.45) is 4.99 Å². The lowest BCUT2D eigenvalue weighted by molar-refractivity contribution is -0.127. The summed E-state index contributed by atoms with van der Waals surface area (Å²) in [6.07, 6.45) is 5.25. The van der Waals surface area contributed by atoms with Gasteiger partial charge in [-0.3, -0.25) is 4.79 Å². The van der Waals surface area contributed by atoms with Gasteiger partial charge in [-0.15, -0.1) is 24.0 Å². The van der Waals surface area contributed by atoms with E-state index in [4.69, 9.17) is 14.2 Å². The maximum absolute atomic E-state index is 11.9. The quantitative estimate of drug-likeness (QED) is 0.310. The Labute approximate surface area is 179 Å². The Hall–Kier alpha value is -0.650. The van der Waals surface area contributed by atoms with E-state index >= 15 is 0 Å². The van der Waals surface area contributed by atoms with Crippen molar-refractivity contribution in [3.8, 4) is 0 Å². The number of nitrogens with zero attached hydrogens (tertiary/aromatic N) is 2. The zero-order valence-corrected chi connectivity index (χ0v) is 19.1. The maximum Gasteiger partial charge on any atom is 0.243 e. The molecule has 1 unspecified atom stereocenters. The molecule has 2 rings (SSSR count). The van der Waals surface area contributed by atoms with E-state index in [2.05, 4.69) is 15.6 Å². The molecule has 0 radical (unpaired) electrons. The highest BCUT2D eigenvalue weighted by molar-refractivity contribution is 14.0. The monoisotopic (exact) mass is 498 g/mol. The highest BCUT2D eigenvalue weighted by atomic mass is 127. The number of nitrogens with one attached hydrogen (secondary N) is 2. The number of halogens is 1. The van der Waals surface area contributed by atoms with Gasteiger partial charge in [0.15, 0.2) is 5.96 Å². The molecule has 2 heterocycles. The number of hydrogen-bond acceptors (Lipinski definition) is 5. The molecule has 2 N–H and O–H groups in total. The van der Waals surface area contributed by atoms with Crippen LogP contribution in [0.25, 0.3) is 0 Å². The van der Waals surface area contributed by atoms with E-state index in [9.17, 15) is 4.79 Å². The second-order valence-electron chi connectivity index (χ2n) is 7.18. The van der Waals surface area contributed by atoms with Crippen LogP contribution < -0.4 is 10.6 Å². The number of likely N-dealkylation sites (N-methyl/N-ethyl adjacent to an activating group) is 1. The van der Waals surface area contributed by atoms with Gasteiger partial charge in [0.25, 0.3) is 0 Å². The predicted molar refractivity (Wildman–Crippen MR) is 116 cm³/mol. The third kappa shape index (κ3) is 8.49. The SMILES string of the molecule is COC1(CNC(=NCC(=O)N(C)C)NCC2CCCCO2)CCOCC1.I. The molecule has 8 nitrogen and oxygen atoms in total. The summed E-state index contributed by atoms with van der Waals surface area (Å²) in [6.45, 7) is 3.63. The number of amides is 1. The largest absolute Gasteiger partial charge is 0.381 e. The second kappa shape index (κ2) is 12.7. The van der Waals surface area contributed by atoms with Crippen LogP contribution in [-0.4, -0.2) is 89.1 Å². The van der Waals surface area contributed by atoms with Gasteiger partial charge < -0.3 is 29.7 Å². The number of carbonyl (C=O) groups is 1. The second-order valence-corrected chi connectivity index (χ2v) is 7.18. The summed E-state index contributed by atoms with van der Waals surface area (Å²) in [5.74, 6) is 0.588. The molecule has 0 aromatic carbocycles. The first-order valence-electron chi connectivity index (χ1n) is 9.51. The minimum Gasteiger partial charge on any atom is -0.381 e. The van der Waals surface area contributed by atoms with Crippen molar-refractivity contribution in [2.75, 3.05) is 60.7 Å². The zero-order chi connectivity index (χ0) is 18.8. The van der Waals surface area contributed by atoms with Gasteiger partial charge in [0, 0.05) is 67.0 Å². The third-order valence-corrected chi connectivity index (χ3v) is 5.06. The van der Waals surface area contributed by atoms with E-state index in [0.29, 0.717) is 32.3 Å². The molecule has 27 heavy (non-hydrogen) atoms. The molecule has 9 heteroatoms. The molecule has 2 fully saturated rings. The van der Waals surface area contributed by atoms with E-state index in [-0.39, 0.29) is 48.1 Å². The lowest BCUT2D eigenvalue weighted by Gasteiger charge is -2.36. The first-order valence-corrected chi connectivity index (χ1v) is 9.51. The van der Waals surface area contributed by atoms with Gasteiger partial charge in [-0.2, -0.15) is 0 Å². The molecule has 0 aromatic heterocycles. The Bertz CT molecular complexity index is 464. The molecule has 0 aliphatic carbocycles. The number of guanidine groups is 1. The van der Waals surface area contributed by atoms with Crippen LogP contribution in [0.1, 0.15) is 32.1 Å². The molecule has 0 aromatic rings. The standard InChI is InChI=1S/C18H34N4O4.HI/c1-22(2)16(23)13-20-17(19-12-15-6-4-5-9-26-15)21-14-18(24-3)7-10-25-11-8-18;/h15H,4-14H2,1-3H3,(H2,19,20,21);1H. The molecular weight excluding hydrogens is 463 g/mol. The average molecular weight is 498 g/mol. The van der Waals surface area contributed by atoms with Crippen LogP contribution in [0.2, 0.25) is 0 Å². The van der Waals surface area contributed by atoms with Crippen LogP contribution >= 0.6 is 24.0 Å². The van der Waals surface area contributed by atoms with Gasteiger partial charge in [-0.05, 0) is 19.3 Å². The molecule has 2 aliphatic heterocycles. The van der Waals surface area contributed by atoms with E-state index in [1.807, 2.05) is 0 Å². The van der Waals surface area contributed by atoms with Crippen molar-refractivity contribution in [1.82, 2.24) is 15.5 Å². The summed E-state index contributed by atoms with van der Waals surface area (Å²) in [6, 6.07) is 0. The van der Waals surface area contributed by atoms with Crippen molar-refractivity contribution in [3.05, 3.63) is 0 Å². The van der Waals surface area contributed by atoms with E-state index < -0.39 is 0 Å². The van der Waals surface area contributed by atoms with Crippen LogP contribution in [0, 0.1) is 0 Å². The van der Waals surface area contributed by atoms with E-state index in [1.165, 1.54) is 6.42 Å². The topological polar surface area (TPSA) is 84.4 Å². The first kappa shape index (κ1) is 24.4. The van der Waals surface area contributed by atoms with Crippen LogP contribution in [0.5, 0.6) is 0 Å². The van der Waals surface area contributed by atoms with Crippen LogP contribution in [-0.2, 0) is 19.0 Å². The van der Waals surface area contributed by atoms with Crippen LogP contribution in [0.15, 0.2) is 4.99 Å². The minimum absolute atomic E-state index is 0. The van der Waals surface area contributed by atoms with Crippen molar-refractivity contribution < 1.29 is 19.0 Å². The fourth-order valence-corrected chi connectivity index (χ4v) is 3.08. The molecule has 1 atom stereocenters. The van der Waals surface area contributed by atoms with Crippen LogP contribution in [0.4, 0.5) is 0 Å². The zero-order valence-electron chi connectivity index (χ0n) is 16.8. The maximum atomic E-state index is 11.9. The normalized spacial score (nSPS) is 22.5. The first-order chi connectivity index (χ1) is 12.5. The number of carbonyl (C=O) groups excluding carboxylic acids is 1. The van der Waals surface area contributed by atoms with Gasteiger partial charge in [0.1, 0.15) is 6.54 Å². The fraction of sp³-hybridized carbons (Fsp3) is 0.889. The third-order valence-electron chi connectivity index (χ3n) is 5.06. The highest BCUT2D eigenvalue weighted by Gasteiger charge is 2.32. The van der Waals surface area contributed by atoms with Crippen molar-refractivity contribution in [1.29, 1.82) is 0 Å². The van der Waals surface area contributed by atoms with Gasteiger partial charge in [-0.25, -0.2) is 4.99 Å². The Morgan fingerprint density at radius 2 is 1.96 bits per heavy atom. The van der Waals surface area contributed by atoms with Gasteiger partial charge >= 0.3 is 0 Å². The molecule has 0 spiro atoms. The molecule has 1 amide bonds. The van der Waals surface area contributed by atoms with Gasteiger partial charge in [0.05, 0.1) is 11.7 Å². The van der Waals surface area contributed by atoms with Crippen molar-refractivity contribution in [2.45, 2.75) is 43.8 Å². The molecule has 158 valence electrons. The summed E-state index contributed by atoms with van der Waals surface area (Å²) < 4.78 is 17.0. The molecule has 0 saturated carbocycles. The summed E-state index contributed by atoms with van der Waals surface area (Å²) >= 11 is 0. The highest BCUT2D eigenvalue weighted by Crippen LogP contribution is 2.23. The summed E-state index contributed by atoms with van der Waals surface area (Å²) in [7, 11) is 5.20. The number of methoxy groups -OCH3 is 1. The number of rotatable bonds is 7. The lowest BCUT2D eigenvalue weighted by Crippen LogP contribution is -2.52. The van der Waals surface area contributed by atoms with E-state index in [0.717, 1.165) is 32.3 Å². The van der Waals surface area contributed by atoms with Crippen LogP contribution in [0.3, 0.4) is 0 Å². The minimum atomic E-state index is -0.256. The predicted octanol–water partition coefficient (Wildman–Crippen LogP) is 0.993. The summed E-state index contributed by atoms with van der Waals surface area (Å²) in [5, 5.41) is 6.67. The number of aliphatic imine (C=N–C) groups is 1. The fourth-order valence-electron chi connectivity index (χ4n) is 3.08. The van der Waals surface area contributed by atoms with Crippen molar-refractivity contribution in [3.63, 3.8) is 0 Å². The lowest BCUT2D eigenvalue weighted by atomic mass is 9.94. The molecule has 2 saturated heterocycles. The molecular formula is C18H35IN4O4. The number of ether oxygens (including phenoxy) is 3. The number of hydrogen-bond donors (Lipinski definition) is 2. The smallest absolute Gasteiger partial charge is 0.243 e. The Morgan fingerprint density at radius 1 is 1.22 bits per heavy atom. The van der Waals surface area contributed by atoms with Gasteiger partial charge in [-0.1, -0.05) is 0 Å². The van der Waals surface area contributed by atoms with E-state index in [1.54, 1.807) is 26.1 Å². The summed E-state index contributed by atoms with van der Waals surface area (Å²) in [4.78, 5) is 17.9. The van der Waals surface area contributed by atoms with Gasteiger partial charge in [0.2, 0.25) is 5.91 Å². The summed E-state index contributed by atoms with van der Waals surface area (Å²) in [5.41, 5.74) is -0.256. The Morgan fingerprint density at radius 3 is 2.56 bits per heavy atom. The molecule has 2 aliphatic rings. The average Bonchev–Trinajstić information content (AvgIpc) is 2.68. The molecule has 0 bridgehead atoms. The Balaban J connectivity index is 0.00000364. The Kier molecular flexibility index (Phi) is 11.5.